The summed E-state index contributed by atoms with van der Waals surface area (Å²) >= 11 is 0. The molecule has 7 heteroatoms. The van der Waals surface area contributed by atoms with E-state index in [1.54, 1.807) is 4.90 Å². The number of carbonyl (C=O) groups is 1. The van der Waals surface area contributed by atoms with E-state index in [0.29, 0.717) is 30.6 Å². The smallest absolute Gasteiger partial charge is 0.260 e. The number of amides is 1. The molecule has 138 valence electrons. The predicted molar refractivity (Wildman–Crippen MR) is 92.8 cm³/mol. The highest BCUT2D eigenvalue weighted by atomic mass is 16.5. The molecule has 1 N–H and O–H groups in total. The number of benzene rings is 1. The van der Waals surface area contributed by atoms with Gasteiger partial charge in [-0.3, -0.25) is 4.79 Å². The summed E-state index contributed by atoms with van der Waals surface area (Å²) in [6.07, 6.45) is 2.21. The summed E-state index contributed by atoms with van der Waals surface area (Å²) in [6.45, 7) is 2.87. The third-order valence-electron chi connectivity index (χ3n) is 5.10. The van der Waals surface area contributed by atoms with Crippen molar-refractivity contribution >= 4 is 5.91 Å². The zero-order valence-electron chi connectivity index (χ0n) is 14.8. The van der Waals surface area contributed by atoms with Gasteiger partial charge in [-0.25, -0.2) is 0 Å². The van der Waals surface area contributed by atoms with Gasteiger partial charge >= 0.3 is 0 Å². The van der Waals surface area contributed by atoms with Gasteiger partial charge in [-0.2, -0.15) is 4.98 Å². The Morgan fingerprint density at radius 3 is 2.96 bits per heavy atom. The Balaban J connectivity index is 1.38. The lowest BCUT2D eigenvalue weighted by Gasteiger charge is -2.16. The molecule has 2 heterocycles. The van der Waals surface area contributed by atoms with Gasteiger partial charge in [-0.05, 0) is 37.5 Å². The number of aryl methyl sites for hydroxylation is 1. The summed E-state index contributed by atoms with van der Waals surface area (Å²) in [7, 11) is 0. The number of aromatic nitrogens is 2. The summed E-state index contributed by atoms with van der Waals surface area (Å²) in [4.78, 5) is 18.7. The first-order valence-electron chi connectivity index (χ1n) is 9.05. The number of hydrogen-bond acceptors (Lipinski definition) is 6. The molecule has 2 aromatic rings. The van der Waals surface area contributed by atoms with Gasteiger partial charge in [-0.15, -0.1) is 0 Å². The number of rotatable bonds is 6. The van der Waals surface area contributed by atoms with Gasteiger partial charge in [0, 0.05) is 31.5 Å². The number of hydrogen-bond donors (Lipinski definition) is 1. The van der Waals surface area contributed by atoms with Crippen LogP contribution in [0.2, 0.25) is 0 Å². The third kappa shape index (κ3) is 3.58. The lowest BCUT2D eigenvalue weighted by Crippen LogP contribution is -2.33. The highest BCUT2D eigenvalue weighted by Gasteiger charge is 2.40. The molecular weight excluding hydrogens is 334 g/mol. The van der Waals surface area contributed by atoms with E-state index in [0.717, 1.165) is 24.2 Å². The maximum absolute atomic E-state index is 12.5. The second-order valence-electron chi connectivity index (χ2n) is 7.22. The van der Waals surface area contributed by atoms with Gasteiger partial charge in [0.15, 0.2) is 12.4 Å². The number of aliphatic hydroxyl groups is 1. The van der Waals surface area contributed by atoms with Crippen LogP contribution in [-0.4, -0.2) is 52.4 Å². The van der Waals surface area contributed by atoms with E-state index in [4.69, 9.17) is 9.26 Å². The van der Waals surface area contributed by atoms with Gasteiger partial charge in [-0.1, -0.05) is 17.3 Å². The van der Waals surface area contributed by atoms with Crippen LogP contribution in [0.15, 0.2) is 28.8 Å². The van der Waals surface area contributed by atoms with E-state index in [1.807, 2.05) is 31.2 Å². The quantitative estimate of drug-likeness (QED) is 0.849. The molecular formula is C19H23N3O4. The van der Waals surface area contributed by atoms with Crippen LogP contribution in [0.3, 0.4) is 0 Å². The van der Waals surface area contributed by atoms with Gasteiger partial charge < -0.3 is 19.3 Å². The lowest BCUT2D eigenvalue weighted by atomic mass is 9.97. The fourth-order valence-corrected chi connectivity index (χ4v) is 3.39. The summed E-state index contributed by atoms with van der Waals surface area (Å²) in [5.41, 5.74) is 1.08. The van der Waals surface area contributed by atoms with Crippen LogP contribution < -0.4 is 4.74 Å². The van der Waals surface area contributed by atoms with Crippen molar-refractivity contribution in [3.63, 3.8) is 0 Å². The standard InChI is InChI=1S/C19H23N3O4/c1-12-3-2-4-15(7-12)25-11-17(24)22-8-14(10-23)16(9-22)19-20-18(21-26-19)13-5-6-13/h2-4,7,13-14,16,23H,5-6,8-11H2,1H3/t14-,16+/m0/s1. The monoisotopic (exact) mass is 357 g/mol. The first-order chi connectivity index (χ1) is 12.6. The number of aliphatic hydroxyl groups excluding tert-OH is 1. The Bertz CT molecular complexity index is 787. The molecule has 7 nitrogen and oxygen atoms in total. The van der Waals surface area contributed by atoms with Crippen molar-refractivity contribution < 1.29 is 19.2 Å². The molecule has 2 fully saturated rings. The molecule has 26 heavy (non-hydrogen) atoms. The Hall–Kier alpha value is -2.41. The average molecular weight is 357 g/mol. The van der Waals surface area contributed by atoms with Crippen LogP contribution in [0.5, 0.6) is 5.75 Å². The molecule has 0 spiro atoms. The SMILES string of the molecule is Cc1cccc(OCC(=O)N2C[C@@H](CO)[C@H](c3nc(C4CC4)no3)C2)c1. The second-order valence-corrected chi connectivity index (χ2v) is 7.22. The number of carbonyl (C=O) groups excluding carboxylic acids is 1. The molecule has 1 amide bonds. The van der Waals surface area contributed by atoms with Crippen LogP contribution in [-0.2, 0) is 4.79 Å². The van der Waals surface area contributed by atoms with Gasteiger partial charge in [0.25, 0.3) is 5.91 Å². The van der Waals surface area contributed by atoms with Crippen LogP contribution in [0.1, 0.15) is 42.0 Å². The van der Waals surface area contributed by atoms with E-state index >= 15 is 0 Å². The van der Waals surface area contributed by atoms with Crippen molar-refractivity contribution in [3.8, 4) is 5.75 Å². The lowest BCUT2D eigenvalue weighted by molar-refractivity contribution is -0.132. The zero-order valence-corrected chi connectivity index (χ0v) is 14.8. The van der Waals surface area contributed by atoms with E-state index in [1.165, 1.54) is 0 Å². The zero-order chi connectivity index (χ0) is 18.1. The van der Waals surface area contributed by atoms with Gasteiger partial charge in [0.1, 0.15) is 5.75 Å². The average Bonchev–Trinajstić information content (AvgIpc) is 3.21. The molecule has 2 atom stereocenters. The molecule has 1 aromatic heterocycles. The van der Waals surface area contributed by atoms with Crippen LogP contribution in [0.4, 0.5) is 0 Å². The van der Waals surface area contributed by atoms with E-state index in [2.05, 4.69) is 10.1 Å². The Labute approximate surface area is 152 Å². The normalized spacial score (nSPS) is 22.6. The fourth-order valence-electron chi connectivity index (χ4n) is 3.39. The van der Waals surface area contributed by atoms with Crippen LogP contribution >= 0.6 is 0 Å². The van der Waals surface area contributed by atoms with E-state index in [9.17, 15) is 9.90 Å². The third-order valence-corrected chi connectivity index (χ3v) is 5.10. The largest absolute Gasteiger partial charge is 0.484 e. The first kappa shape index (κ1) is 17.0. The molecule has 1 saturated heterocycles. The topological polar surface area (TPSA) is 88.7 Å². The summed E-state index contributed by atoms with van der Waals surface area (Å²) in [6, 6.07) is 7.61. The van der Waals surface area contributed by atoms with E-state index < -0.39 is 0 Å². The van der Waals surface area contributed by atoms with Crippen molar-refractivity contribution in [1.29, 1.82) is 0 Å². The maximum atomic E-state index is 12.5. The maximum Gasteiger partial charge on any atom is 0.260 e. The minimum atomic E-state index is -0.122. The first-order valence-corrected chi connectivity index (χ1v) is 9.05. The summed E-state index contributed by atoms with van der Waals surface area (Å²) in [5.74, 6) is 2.06. The molecule has 1 aliphatic carbocycles. The van der Waals surface area contributed by atoms with Crippen molar-refractivity contribution in [2.75, 3.05) is 26.3 Å². The van der Waals surface area contributed by atoms with E-state index in [-0.39, 0.29) is 31.0 Å². The van der Waals surface area contributed by atoms with Crippen molar-refractivity contribution in [2.45, 2.75) is 31.6 Å². The molecule has 0 unspecified atom stereocenters. The number of nitrogens with zero attached hydrogens (tertiary/aromatic N) is 3. The Morgan fingerprint density at radius 1 is 1.38 bits per heavy atom. The van der Waals surface area contributed by atoms with Crippen LogP contribution in [0, 0.1) is 12.8 Å². The number of ether oxygens (including phenoxy) is 1. The Kier molecular flexibility index (Phi) is 4.63. The van der Waals surface area contributed by atoms with Crippen LogP contribution in [0.25, 0.3) is 0 Å². The second kappa shape index (κ2) is 7.07. The van der Waals surface area contributed by atoms with Gasteiger partial charge in [0.2, 0.25) is 5.89 Å². The molecule has 2 aliphatic rings. The highest BCUT2D eigenvalue weighted by molar-refractivity contribution is 5.78. The summed E-state index contributed by atoms with van der Waals surface area (Å²) in [5, 5.41) is 13.8. The molecule has 0 bridgehead atoms. The Morgan fingerprint density at radius 2 is 2.23 bits per heavy atom. The van der Waals surface area contributed by atoms with Crippen molar-refractivity contribution in [2.24, 2.45) is 5.92 Å². The molecule has 4 rings (SSSR count). The minimum Gasteiger partial charge on any atom is -0.484 e. The fraction of sp³-hybridized carbons (Fsp3) is 0.526. The van der Waals surface area contributed by atoms with Crippen molar-refractivity contribution in [1.82, 2.24) is 15.0 Å². The number of likely N-dealkylation sites (tertiary alicyclic amines) is 1. The highest BCUT2D eigenvalue weighted by Crippen LogP contribution is 2.39. The molecule has 1 aromatic carbocycles. The molecule has 1 aliphatic heterocycles. The molecule has 1 saturated carbocycles. The minimum absolute atomic E-state index is 0.0195. The molecule has 0 radical (unpaired) electrons. The van der Waals surface area contributed by atoms with Gasteiger partial charge in [0.05, 0.1) is 5.92 Å². The van der Waals surface area contributed by atoms with Crippen molar-refractivity contribution in [3.05, 3.63) is 41.5 Å². The summed E-state index contributed by atoms with van der Waals surface area (Å²) < 4.78 is 11.0. The predicted octanol–water partition coefficient (Wildman–Crippen LogP) is 1.87.